The molecule has 2 unspecified atom stereocenters. The van der Waals surface area contributed by atoms with Crippen molar-refractivity contribution in [1.82, 2.24) is 15.2 Å². The number of carbonyl (C=O) groups excluding carboxylic acids is 1. The molecule has 2 saturated heterocycles. The van der Waals surface area contributed by atoms with Crippen molar-refractivity contribution >= 4 is 45.0 Å². The molecule has 3 aliphatic heterocycles. The van der Waals surface area contributed by atoms with Crippen LogP contribution in [0.4, 0.5) is 0 Å². The SMILES string of the molecule is COC(=O)C1=C(CN2C3COCC2CC(CC(=O)O)C3)NC(c2nccs2)=N[C@H]1c1ccccc1Br. The molecule has 5 rings (SSSR count). The lowest BCUT2D eigenvalue weighted by Crippen LogP contribution is -2.58. The number of thiazole rings is 1. The first-order chi connectivity index (χ1) is 17.4. The quantitative estimate of drug-likeness (QED) is 0.484. The molecule has 2 fully saturated rings. The van der Waals surface area contributed by atoms with Gasteiger partial charge in [0.15, 0.2) is 10.8 Å². The largest absolute Gasteiger partial charge is 0.481 e. The lowest BCUT2D eigenvalue weighted by Gasteiger charge is -2.49. The highest BCUT2D eigenvalue weighted by molar-refractivity contribution is 9.10. The van der Waals surface area contributed by atoms with Crippen molar-refractivity contribution in [3.63, 3.8) is 0 Å². The van der Waals surface area contributed by atoms with Gasteiger partial charge in [0.25, 0.3) is 0 Å². The van der Waals surface area contributed by atoms with E-state index in [1.807, 2.05) is 29.6 Å². The number of hydrogen-bond acceptors (Lipinski definition) is 9. The van der Waals surface area contributed by atoms with Crippen LogP contribution < -0.4 is 5.32 Å². The second-order valence-electron chi connectivity index (χ2n) is 9.20. The fourth-order valence-electron chi connectivity index (χ4n) is 5.40. The predicted molar refractivity (Wildman–Crippen MR) is 138 cm³/mol. The number of ether oxygens (including phenoxy) is 2. The van der Waals surface area contributed by atoms with E-state index in [1.54, 1.807) is 6.20 Å². The van der Waals surface area contributed by atoms with Crippen molar-refractivity contribution in [2.75, 3.05) is 26.9 Å². The maximum atomic E-state index is 13.2. The van der Waals surface area contributed by atoms with Gasteiger partial charge in [-0.3, -0.25) is 14.7 Å². The van der Waals surface area contributed by atoms with Gasteiger partial charge in [-0.1, -0.05) is 34.1 Å². The molecule has 190 valence electrons. The van der Waals surface area contributed by atoms with Gasteiger partial charge >= 0.3 is 11.9 Å². The number of fused-ring (bicyclic) bond motifs is 2. The molecule has 0 amide bonds. The molecular formula is C25H27BrN4O5S. The van der Waals surface area contributed by atoms with E-state index >= 15 is 0 Å². The second kappa shape index (κ2) is 10.8. The smallest absolute Gasteiger partial charge is 0.338 e. The summed E-state index contributed by atoms with van der Waals surface area (Å²) in [5.74, 6) is -0.484. The Morgan fingerprint density at radius 2 is 2.03 bits per heavy atom. The minimum absolute atomic E-state index is 0.0686. The molecule has 11 heteroatoms. The summed E-state index contributed by atoms with van der Waals surface area (Å²) in [6.45, 7) is 1.54. The van der Waals surface area contributed by atoms with Crippen molar-refractivity contribution in [3.05, 3.63) is 62.2 Å². The number of rotatable bonds is 7. The van der Waals surface area contributed by atoms with Crippen LogP contribution in [0.5, 0.6) is 0 Å². The first-order valence-electron chi connectivity index (χ1n) is 11.8. The normalized spacial score (nSPS) is 26.2. The average Bonchev–Trinajstić information content (AvgIpc) is 3.39. The number of piperidine rings is 1. The minimum atomic E-state index is -0.766. The number of carboxylic acids is 1. The molecule has 0 radical (unpaired) electrons. The minimum Gasteiger partial charge on any atom is -0.481 e. The number of aliphatic carboxylic acids is 1. The van der Waals surface area contributed by atoms with Gasteiger partial charge in [-0.05, 0) is 30.4 Å². The van der Waals surface area contributed by atoms with Gasteiger partial charge in [-0.2, -0.15) is 0 Å². The van der Waals surface area contributed by atoms with Crippen LogP contribution in [0.3, 0.4) is 0 Å². The number of morpholine rings is 1. The van der Waals surface area contributed by atoms with Gasteiger partial charge in [-0.15, -0.1) is 11.3 Å². The molecule has 0 spiro atoms. The molecule has 4 heterocycles. The van der Waals surface area contributed by atoms with Gasteiger partial charge in [0.1, 0.15) is 6.04 Å². The van der Waals surface area contributed by atoms with Crippen molar-refractivity contribution in [2.24, 2.45) is 10.9 Å². The van der Waals surface area contributed by atoms with Crippen LogP contribution in [0.2, 0.25) is 0 Å². The van der Waals surface area contributed by atoms with Crippen molar-refractivity contribution in [2.45, 2.75) is 37.4 Å². The van der Waals surface area contributed by atoms with Crippen LogP contribution in [0.15, 0.2) is 56.6 Å². The molecule has 9 nitrogen and oxygen atoms in total. The zero-order valence-corrected chi connectivity index (χ0v) is 22.1. The van der Waals surface area contributed by atoms with Crippen molar-refractivity contribution < 1.29 is 24.2 Å². The third kappa shape index (κ3) is 5.10. The molecule has 3 atom stereocenters. The molecule has 2 bridgehead atoms. The summed E-state index contributed by atoms with van der Waals surface area (Å²) in [4.78, 5) is 36.3. The second-order valence-corrected chi connectivity index (χ2v) is 10.9. The van der Waals surface area contributed by atoms with E-state index < -0.39 is 18.0 Å². The van der Waals surface area contributed by atoms with Gasteiger partial charge in [0.05, 0.1) is 25.9 Å². The number of amidine groups is 1. The number of benzene rings is 1. The first-order valence-corrected chi connectivity index (χ1v) is 13.5. The third-order valence-electron chi connectivity index (χ3n) is 6.94. The number of nitrogens with one attached hydrogen (secondary N) is 1. The Balaban J connectivity index is 1.54. The molecule has 0 aliphatic carbocycles. The van der Waals surface area contributed by atoms with Crippen LogP contribution in [0.1, 0.15) is 35.9 Å². The van der Waals surface area contributed by atoms with E-state index in [0.29, 0.717) is 31.2 Å². The number of carbonyl (C=O) groups is 2. The molecule has 1 aromatic carbocycles. The summed E-state index contributed by atoms with van der Waals surface area (Å²) < 4.78 is 11.9. The Hall–Kier alpha value is -2.60. The standard InChI is InChI=1S/C25H27BrN4O5S/c1-34-25(33)21-19(11-30-15-8-14(10-20(31)32)9-16(30)13-35-12-15)28-23(24-27-6-7-36-24)29-22(21)17-4-2-3-5-18(17)26/h2-7,14-16,22H,8-13H2,1H3,(H,28,29)(H,31,32)/t14?,15?,16?,22-/m0/s1. The van der Waals surface area contributed by atoms with E-state index in [4.69, 9.17) is 14.5 Å². The number of hydrogen-bond donors (Lipinski definition) is 2. The van der Waals surface area contributed by atoms with Gasteiger partial charge in [0.2, 0.25) is 0 Å². The van der Waals surface area contributed by atoms with E-state index in [0.717, 1.165) is 33.6 Å². The summed E-state index contributed by atoms with van der Waals surface area (Å²) in [7, 11) is 1.38. The molecule has 3 aliphatic rings. The molecular weight excluding hydrogens is 548 g/mol. The number of carboxylic acid groups (broad SMARTS) is 1. The number of aliphatic imine (C=N–C) groups is 1. The summed E-state index contributed by atoms with van der Waals surface area (Å²) in [5.41, 5.74) is 2.03. The van der Waals surface area contributed by atoms with Crippen molar-refractivity contribution in [1.29, 1.82) is 0 Å². The van der Waals surface area contributed by atoms with E-state index in [-0.39, 0.29) is 24.4 Å². The molecule has 36 heavy (non-hydrogen) atoms. The van der Waals surface area contributed by atoms with Crippen LogP contribution in [0, 0.1) is 5.92 Å². The highest BCUT2D eigenvalue weighted by Crippen LogP contribution is 2.38. The molecule has 0 saturated carbocycles. The van der Waals surface area contributed by atoms with Crippen LogP contribution in [-0.4, -0.2) is 71.7 Å². The van der Waals surface area contributed by atoms with Crippen molar-refractivity contribution in [3.8, 4) is 0 Å². The Kier molecular flexibility index (Phi) is 7.52. The summed E-state index contributed by atoms with van der Waals surface area (Å²) in [5, 5.41) is 15.4. The van der Waals surface area contributed by atoms with E-state index in [9.17, 15) is 14.7 Å². The molecule has 1 aromatic heterocycles. The fourth-order valence-corrected chi connectivity index (χ4v) is 6.49. The van der Waals surface area contributed by atoms with Crippen LogP contribution in [0.25, 0.3) is 0 Å². The fraction of sp³-hybridized carbons (Fsp3) is 0.440. The maximum Gasteiger partial charge on any atom is 0.338 e. The maximum absolute atomic E-state index is 13.2. The van der Waals surface area contributed by atoms with E-state index in [1.165, 1.54) is 18.4 Å². The Labute approximate surface area is 221 Å². The number of halogens is 1. The average molecular weight is 575 g/mol. The summed E-state index contributed by atoms with van der Waals surface area (Å²) in [6.07, 6.45) is 3.38. The first kappa shape index (κ1) is 25.1. The Bertz CT molecular complexity index is 1190. The zero-order valence-electron chi connectivity index (χ0n) is 19.7. The lowest BCUT2D eigenvalue weighted by molar-refractivity contribution is -0.141. The number of methoxy groups -OCH3 is 1. The topological polar surface area (TPSA) is 113 Å². The Morgan fingerprint density at radius 3 is 2.67 bits per heavy atom. The predicted octanol–water partition coefficient (Wildman–Crippen LogP) is 3.38. The highest BCUT2D eigenvalue weighted by Gasteiger charge is 2.42. The highest BCUT2D eigenvalue weighted by atomic mass is 79.9. The monoisotopic (exact) mass is 574 g/mol. The van der Waals surface area contributed by atoms with E-state index in [2.05, 4.69) is 31.1 Å². The van der Waals surface area contributed by atoms with Crippen LogP contribution >= 0.6 is 27.3 Å². The summed E-state index contributed by atoms with van der Waals surface area (Å²) in [6, 6.07) is 7.28. The number of aromatic nitrogens is 1. The third-order valence-corrected chi connectivity index (χ3v) is 8.44. The number of nitrogens with zero attached hydrogens (tertiary/aromatic N) is 3. The zero-order chi connectivity index (χ0) is 25.2. The van der Waals surface area contributed by atoms with Crippen LogP contribution in [-0.2, 0) is 19.1 Å². The molecule has 2 aromatic rings. The number of esters is 1. The van der Waals surface area contributed by atoms with Gasteiger partial charge in [0, 0.05) is 46.8 Å². The Morgan fingerprint density at radius 1 is 1.28 bits per heavy atom. The van der Waals surface area contributed by atoms with Gasteiger partial charge in [-0.25, -0.2) is 9.78 Å². The molecule has 2 N–H and O–H groups in total. The van der Waals surface area contributed by atoms with Gasteiger partial charge < -0.3 is 19.9 Å². The lowest BCUT2D eigenvalue weighted by atomic mass is 9.82. The summed E-state index contributed by atoms with van der Waals surface area (Å²) >= 11 is 5.10.